The monoisotopic (exact) mass is 362 g/mol. The molecule has 0 bridgehead atoms. The van der Waals surface area contributed by atoms with Crippen LogP contribution in [0, 0.1) is 24.4 Å². The molecular weight excluding hydrogens is 341 g/mol. The Morgan fingerprint density at radius 1 is 1.15 bits per heavy atom. The second kappa shape index (κ2) is 7.91. The molecule has 0 aliphatic carbocycles. The zero-order valence-corrected chi connectivity index (χ0v) is 14.6. The maximum absolute atomic E-state index is 14.1. The number of likely N-dealkylation sites (tertiary alicyclic amines) is 1. The number of halogens is 3. The fourth-order valence-corrected chi connectivity index (χ4v) is 3.31. The average Bonchev–Trinajstić information content (AvgIpc) is 2.61. The Balaban J connectivity index is 1.65. The summed E-state index contributed by atoms with van der Waals surface area (Å²) in [5.41, 5.74) is 0.462. The van der Waals surface area contributed by atoms with Crippen LogP contribution in [-0.4, -0.2) is 29.9 Å². The third-order valence-corrected chi connectivity index (χ3v) is 4.72. The molecule has 0 spiro atoms. The molecule has 6 heteroatoms. The van der Waals surface area contributed by atoms with Crippen LogP contribution in [-0.2, 0) is 6.54 Å². The standard InChI is InChI=1S/C20H21F3N2O/c1-13-5-2-7-15(19(13)23)20(26)24-14-6-4-10-25(11-14)12-16-17(21)8-3-9-18(16)22/h2-3,5,7-9,14H,4,6,10-12H2,1H3,(H,24,26). The molecule has 3 rings (SSSR count). The predicted octanol–water partition coefficient (Wildman–Crippen LogP) is 3.81. The van der Waals surface area contributed by atoms with E-state index in [0.29, 0.717) is 18.7 Å². The smallest absolute Gasteiger partial charge is 0.254 e. The Hall–Kier alpha value is -2.34. The van der Waals surface area contributed by atoms with Crippen molar-refractivity contribution in [3.05, 3.63) is 70.5 Å². The van der Waals surface area contributed by atoms with E-state index in [-0.39, 0.29) is 23.7 Å². The summed E-state index contributed by atoms with van der Waals surface area (Å²) in [7, 11) is 0. The second-order valence-electron chi connectivity index (χ2n) is 6.68. The first-order chi connectivity index (χ1) is 12.5. The summed E-state index contributed by atoms with van der Waals surface area (Å²) in [6, 6.07) is 8.32. The second-order valence-corrected chi connectivity index (χ2v) is 6.68. The minimum Gasteiger partial charge on any atom is -0.348 e. The molecule has 1 fully saturated rings. The van der Waals surface area contributed by atoms with Crippen molar-refractivity contribution < 1.29 is 18.0 Å². The normalized spacial score (nSPS) is 17.9. The molecule has 2 aromatic carbocycles. The highest BCUT2D eigenvalue weighted by molar-refractivity contribution is 5.94. The number of carbonyl (C=O) groups excluding carboxylic acids is 1. The molecule has 26 heavy (non-hydrogen) atoms. The van der Waals surface area contributed by atoms with Crippen molar-refractivity contribution in [2.24, 2.45) is 0 Å². The highest BCUT2D eigenvalue weighted by Crippen LogP contribution is 2.19. The van der Waals surface area contributed by atoms with Gasteiger partial charge < -0.3 is 5.32 Å². The predicted molar refractivity (Wildman–Crippen MR) is 93.3 cm³/mol. The van der Waals surface area contributed by atoms with Gasteiger partial charge >= 0.3 is 0 Å². The summed E-state index contributed by atoms with van der Waals surface area (Å²) in [6.45, 7) is 2.91. The van der Waals surface area contributed by atoms with Crippen molar-refractivity contribution in [1.82, 2.24) is 10.2 Å². The van der Waals surface area contributed by atoms with Crippen LogP contribution in [0.5, 0.6) is 0 Å². The van der Waals surface area contributed by atoms with E-state index in [1.807, 2.05) is 4.90 Å². The molecule has 1 heterocycles. The van der Waals surface area contributed by atoms with Crippen LogP contribution in [0.25, 0.3) is 0 Å². The Morgan fingerprint density at radius 3 is 2.58 bits per heavy atom. The van der Waals surface area contributed by atoms with Crippen LogP contribution in [0.1, 0.15) is 34.3 Å². The zero-order chi connectivity index (χ0) is 18.7. The number of amides is 1. The number of rotatable bonds is 4. The third kappa shape index (κ3) is 4.07. The van der Waals surface area contributed by atoms with Gasteiger partial charge in [-0.3, -0.25) is 9.69 Å². The molecule has 1 saturated heterocycles. The van der Waals surface area contributed by atoms with Gasteiger partial charge in [-0.2, -0.15) is 0 Å². The molecule has 138 valence electrons. The molecule has 0 aromatic heterocycles. The third-order valence-electron chi connectivity index (χ3n) is 4.72. The van der Waals surface area contributed by atoms with Gasteiger partial charge in [-0.25, -0.2) is 13.2 Å². The minimum atomic E-state index is -0.571. The van der Waals surface area contributed by atoms with Crippen molar-refractivity contribution in [3.63, 3.8) is 0 Å². The number of hydrogen-bond donors (Lipinski definition) is 1. The molecule has 1 amide bonds. The van der Waals surface area contributed by atoms with Crippen molar-refractivity contribution in [1.29, 1.82) is 0 Å². The summed E-state index contributed by atoms with van der Waals surface area (Å²) in [6.07, 6.45) is 1.53. The summed E-state index contributed by atoms with van der Waals surface area (Å²) in [5, 5.41) is 2.84. The van der Waals surface area contributed by atoms with Crippen LogP contribution < -0.4 is 5.32 Å². The minimum absolute atomic E-state index is 0.0160. The van der Waals surface area contributed by atoms with Gasteiger partial charge in [-0.05, 0) is 50.1 Å². The molecule has 1 N–H and O–H groups in total. The number of nitrogens with one attached hydrogen (secondary N) is 1. The fraction of sp³-hybridized carbons (Fsp3) is 0.350. The summed E-state index contributed by atoms with van der Waals surface area (Å²) in [4.78, 5) is 14.3. The van der Waals surface area contributed by atoms with Gasteiger partial charge in [0, 0.05) is 24.7 Å². The van der Waals surface area contributed by atoms with E-state index in [2.05, 4.69) is 5.32 Å². The Kier molecular flexibility index (Phi) is 5.61. The van der Waals surface area contributed by atoms with Crippen LogP contribution in [0.3, 0.4) is 0 Å². The molecule has 1 atom stereocenters. The van der Waals surface area contributed by atoms with Crippen LogP contribution >= 0.6 is 0 Å². The summed E-state index contributed by atoms with van der Waals surface area (Å²) in [5.74, 6) is -2.13. The number of benzene rings is 2. The lowest BCUT2D eigenvalue weighted by Gasteiger charge is -2.33. The summed E-state index contributed by atoms with van der Waals surface area (Å²) < 4.78 is 41.8. The Bertz CT molecular complexity index is 789. The van der Waals surface area contributed by atoms with Crippen molar-refractivity contribution in [3.8, 4) is 0 Å². The first-order valence-corrected chi connectivity index (χ1v) is 8.67. The zero-order valence-electron chi connectivity index (χ0n) is 14.6. The number of carbonyl (C=O) groups is 1. The van der Waals surface area contributed by atoms with E-state index in [9.17, 15) is 18.0 Å². The lowest BCUT2D eigenvalue weighted by molar-refractivity contribution is 0.0895. The van der Waals surface area contributed by atoms with Gasteiger partial charge in [0.15, 0.2) is 0 Å². The Morgan fingerprint density at radius 2 is 1.85 bits per heavy atom. The van der Waals surface area contributed by atoms with Gasteiger partial charge in [-0.1, -0.05) is 18.2 Å². The van der Waals surface area contributed by atoms with Gasteiger partial charge in [-0.15, -0.1) is 0 Å². The quantitative estimate of drug-likeness (QED) is 0.897. The summed E-state index contributed by atoms with van der Waals surface area (Å²) >= 11 is 0. The van der Waals surface area contributed by atoms with Crippen molar-refractivity contribution >= 4 is 5.91 Å². The lowest BCUT2D eigenvalue weighted by Crippen LogP contribution is -2.47. The molecule has 1 aliphatic heterocycles. The van der Waals surface area contributed by atoms with Gasteiger partial charge in [0.05, 0.1) is 5.56 Å². The molecular formula is C20H21F3N2O. The van der Waals surface area contributed by atoms with Crippen LogP contribution in [0.2, 0.25) is 0 Å². The average molecular weight is 362 g/mol. The van der Waals surface area contributed by atoms with Gasteiger partial charge in [0.1, 0.15) is 17.5 Å². The number of nitrogens with zero attached hydrogens (tertiary/aromatic N) is 1. The fourth-order valence-electron chi connectivity index (χ4n) is 3.31. The molecule has 1 aliphatic rings. The van der Waals surface area contributed by atoms with E-state index in [1.54, 1.807) is 19.1 Å². The van der Waals surface area contributed by atoms with Gasteiger partial charge in [0.25, 0.3) is 5.91 Å². The number of hydrogen-bond acceptors (Lipinski definition) is 2. The first kappa shape index (κ1) is 18.5. The SMILES string of the molecule is Cc1cccc(C(=O)NC2CCCN(Cc3c(F)cccc3F)C2)c1F. The van der Waals surface area contributed by atoms with E-state index < -0.39 is 23.4 Å². The highest BCUT2D eigenvalue weighted by Gasteiger charge is 2.24. The number of piperidine rings is 1. The molecule has 3 nitrogen and oxygen atoms in total. The molecule has 0 saturated carbocycles. The molecule has 2 aromatic rings. The molecule has 0 radical (unpaired) electrons. The largest absolute Gasteiger partial charge is 0.348 e. The maximum Gasteiger partial charge on any atom is 0.254 e. The number of aryl methyl sites for hydroxylation is 1. The van der Waals surface area contributed by atoms with Crippen molar-refractivity contribution in [2.45, 2.75) is 32.4 Å². The molecule has 1 unspecified atom stereocenters. The van der Waals surface area contributed by atoms with E-state index >= 15 is 0 Å². The van der Waals surface area contributed by atoms with Crippen LogP contribution in [0.15, 0.2) is 36.4 Å². The van der Waals surface area contributed by atoms with Crippen LogP contribution in [0.4, 0.5) is 13.2 Å². The van der Waals surface area contributed by atoms with E-state index in [1.165, 1.54) is 24.3 Å². The topological polar surface area (TPSA) is 32.3 Å². The van der Waals surface area contributed by atoms with Gasteiger partial charge in [0.2, 0.25) is 0 Å². The first-order valence-electron chi connectivity index (χ1n) is 8.67. The highest BCUT2D eigenvalue weighted by atomic mass is 19.1. The van der Waals surface area contributed by atoms with Crippen molar-refractivity contribution in [2.75, 3.05) is 13.1 Å². The van der Waals surface area contributed by atoms with E-state index in [0.717, 1.165) is 12.8 Å². The lowest BCUT2D eigenvalue weighted by atomic mass is 10.0. The van der Waals surface area contributed by atoms with E-state index in [4.69, 9.17) is 0 Å². The Labute approximate surface area is 150 Å². The maximum atomic E-state index is 14.1.